The van der Waals surface area contributed by atoms with Crippen LogP contribution in [0.1, 0.15) is 38.3 Å². The topological polar surface area (TPSA) is 44.4 Å². The fourth-order valence-corrected chi connectivity index (χ4v) is 3.01. The number of nitrogens with zero attached hydrogens (tertiary/aromatic N) is 1. The predicted octanol–water partition coefficient (Wildman–Crippen LogP) is 2.78. The molecule has 2 rings (SSSR count). The largest absolute Gasteiger partial charge is 0.350 e. The number of hydrogen-bond acceptors (Lipinski definition) is 3. The number of likely N-dealkylation sites (N-methyl/N-ethyl adjacent to an activating group) is 1. The van der Waals surface area contributed by atoms with Gasteiger partial charge in [0.15, 0.2) is 0 Å². The number of amides is 1. The summed E-state index contributed by atoms with van der Waals surface area (Å²) < 4.78 is 0. The quantitative estimate of drug-likeness (QED) is 0.818. The van der Waals surface area contributed by atoms with Crippen molar-refractivity contribution in [3.05, 3.63) is 35.9 Å². The van der Waals surface area contributed by atoms with Crippen LogP contribution in [0.4, 0.5) is 0 Å². The highest BCUT2D eigenvalue weighted by atomic mass is 35.5. The van der Waals surface area contributed by atoms with E-state index < -0.39 is 0 Å². The zero-order chi connectivity index (χ0) is 15.1. The Kier molecular flexibility index (Phi) is 11.3. The van der Waals surface area contributed by atoms with Gasteiger partial charge >= 0.3 is 0 Å². The van der Waals surface area contributed by atoms with Gasteiger partial charge in [-0.05, 0) is 38.0 Å². The Hall–Kier alpha value is -0.810. The lowest BCUT2D eigenvalue weighted by molar-refractivity contribution is -0.127. The first-order chi connectivity index (χ1) is 10.3. The van der Waals surface area contributed by atoms with Gasteiger partial charge in [0.05, 0.1) is 0 Å². The van der Waals surface area contributed by atoms with Gasteiger partial charge in [-0.25, -0.2) is 0 Å². The summed E-state index contributed by atoms with van der Waals surface area (Å²) in [5.41, 5.74) is 1.07. The number of nitrogens with one attached hydrogen (secondary N) is 2. The van der Waals surface area contributed by atoms with Crippen LogP contribution in [0.3, 0.4) is 0 Å². The molecule has 0 aromatic heterocycles. The molecular formula is C17H29Cl2N3O. The van der Waals surface area contributed by atoms with Crippen molar-refractivity contribution in [2.45, 2.75) is 38.8 Å². The van der Waals surface area contributed by atoms with Gasteiger partial charge in [0.2, 0.25) is 5.91 Å². The van der Waals surface area contributed by atoms with Crippen LogP contribution >= 0.6 is 24.8 Å². The maximum Gasteiger partial charge on any atom is 0.242 e. The summed E-state index contributed by atoms with van der Waals surface area (Å²) in [5, 5.41) is 6.57. The van der Waals surface area contributed by atoms with Gasteiger partial charge in [0, 0.05) is 12.6 Å². The molecule has 132 valence electrons. The molecule has 1 aliphatic heterocycles. The summed E-state index contributed by atoms with van der Waals surface area (Å²) in [4.78, 5) is 15.0. The molecular weight excluding hydrogens is 333 g/mol. The molecule has 1 heterocycles. The Morgan fingerprint density at radius 1 is 1.26 bits per heavy atom. The maximum absolute atomic E-state index is 12.8. The second-order valence-electron chi connectivity index (χ2n) is 5.59. The van der Waals surface area contributed by atoms with Crippen LogP contribution in [0.25, 0.3) is 0 Å². The predicted molar refractivity (Wildman–Crippen MR) is 101 cm³/mol. The zero-order valence-electron chi connectivity index (χ0n) is 14.0. The van der Waals surface area contributed by atoms with E-state index in [0.717, 1.165) is 44.6 Å². The monoisotopic (exact) mass is 361 g/mol. The molecule has 1 fully saturated rings. The maximum atomic E-state index is 12.8. The minimum absolute atomic E-state index is 0. The standard InChI is InChI=1S/C17H27N3O.2ClH/c1-3-20(4-2)16(14-9-6-5-7-10-14)17(21)19-15-11-8-12-18-13-15;;/h5-7,9-10,15-16,18H,3-4,8,11-13H2,1-2H3,(H,19,21);2*1H/t15-,16?;;/m0../s1. The molecule has 1 aromatic rings. The number of rotatable bonds is 6. The number of carbonyl (C=O) groups excluding carboxylic acids is 1. The molecule has 0 aliphatic carbocycles. The zero-order valence-corrected chi connectivity index (χ0v) is 15.6. The molecule has 1 aromatic carbocycles. The van der Waals surface area contributed by atoms with Crippen LogP contribution < -0.4 is 10.6 Å². The first kappa shape index (κ1) is 22.2. The second kappa shape index (κ2) is 11.7. The second-order valence-corrected chi connectivity index (χ2v) is 5.59. The van der Waals surface area contributed by atoms with E-state index >= 15 is 0 Å². The van der Waals surface area contributed by atoms with E-state index in [2.05, 4.69) is 29.4 Å². The lowest BCUT2D eigenvalue weighted by Crippen LogP contribution is -2.49. The number of benzene rings is 1. The van der Waals surface area contributed by atoms with Crippen molar-refractivity contribution in [2.24, 2.45) is 0 Å². The highest BCUT2D eigenvalue weighted by molar-refractivity contribution is 5.85. The molecule has 23 heavy (non-hydrogen) atoms. The highest BCUT2D eigenvalue weighted by Crippen LogP contribution is 2.21. The SMILES string of the molecule is CCN(CC)C(C(=O)N[C@H]1CCCNC1)c1ccccc1.Cl.Cl. The minimum atomic E-state index is -0.192. The Morgan fingerprint density at radius 2 is 1.91 bits per heavy atom. The van der Waals surface area contributed by atoms with Gasteiger partial charge in [-0.2, -0.15) is 0 Å². The average molecular weight is 362 g/mol. The molecule has 0 saturated carbocycles. The van der Waals surface area contributed by atoms with Gasteiger partial charge in [-0.1, -0.05) is 44.2 Å². The van der Waals surface area contributed by atoms with E-state index in [9.17, 15) is 4.79 Å². The Morgan fingerprint density at radius 3 is 2.43 bits per heavy atom. The third-order valence-electron chi connectivity index (χ3n) is 4.18. The van der Waals surface area contributed by atoms with E-state index in [1.54, 1.807) is 0 Å². The summed E-state index contributed by atoms with van der Waals surface area (Å²) in [7, 11) is 0. The molecule has 1 amide bonds. The van der Waals surface area contributed by atoms with Crippen LogP contribution in [0, 0.1) is 0 Å². The summed E-state index contributed by atoms with van der Waals surface area (Å²) >= 11 is 0. The molecule has 4 nitrogen and oxygen atoms in total. The van der Waals surface area contributed by atoms with Crippen molar-refractivity contribution >= 4 is 30.7 Å². The number of hydrogen-bond donors (Lipinski definition) is 2. The van der Waals surface area contributed by atoms with Crippen LogP contribution in [0.15, 0.2) is 30.3 Å². The fourth-order valence-electron chi connectivity index (χ4n) is 3.01. The molecule has 6 heteroatoms. The van der Waals surface area contributed by atoms with Crippen molar-refractivity contribution in [1.82, 2.24) is 15.5 Å². The number of piperidine rings is 1. The molecule has 0 radical (unpaired) electrons. The fraction of sp³-hybridized carbons (Fsp3) is 0.588. The van der Waals surface area contributed by atoms with Crippen molar-refractivity contribution in [3.63, 3.8) is 0 Å². The summed E-state index contributed by atoms with van der Waals surface area (Å²) in [6, 6.07) is 10.1. The minimum Gasteiger partial charge on any atom is -0.350 e. The van der Waals surface area contributed by atoms with Gasteiger partial charge in [0.25, 0.3) is 0 Å². The van der Waals surface area contributed by atoms with Crippen LogP contribution in [0.5, 0.6) is 0 Å². The first-order valence-corrected chi connectivity index (χ1v) is 8.06. The van der Waals surface area contributed by atoms with Gasteiger partial charge in [-0.15, -0.1) is 24.8 Å². The van der Waals surface area contributed by atoms with Crippen molar-refractivity contribution in [1.29, 1.82) is 0 Å². The molecule has 1 unspecified atom stereocenters. The number of carbonyl (C=O) groups is 1. The van der Waals surface area contributed by atoms with Crippen molar-refractivity contribution in [3.8, 4) is 0 Å². The van der Waals surface area contributed by atoms with E-state index in [0.29, 0.717) is 0 Å². The first-order valence-electron chi connectivity index (χ1n) is 8.06. The van der Waals surface area contributed by atoms with Gasteiger partial charge in [0.1, 0.15) is 6.04 Å². The Labute approximate surface area is 152 Å². The molecule has 0 bridgehead atoms. The lowest BCUT2D eigenvalue weighted by atomic mass is 10.0. The number of halogens is 2. The van der Waals surface area contributed by atoms with Crippen LogP contribution in [-0.2, 0) is 4.79 Å². The third-order valence-corrected chi connectivity index (χ3v) is 4.18. The Bertz CT molecular complexity index is 435. The molecule has 1 aliphatic rings. The summed E-state index contributed by atoms with van der Waals surface area (Å²) in [5.74, 6) is 0.124. The van der Waals surface area contributed by atoms with E-state index in [1.165, 1.54) is 0 Å². The molecule has 1 saturated heterocycles. The van der Waals surface area contributed by atoms with Crippen LogP contribution in [0.2, 0.25) is 0 Å². The van der Waals surface area contributed by atoms with Gasteiger partial charge < -0.3 is 10.6 Å². The van der Waals surface area contributed by atoms with Crippen LogP contribution in [-0.4, -0.2) is 43.0 Å². The van der Waals surface area contributed by atoms with E-state index in [-0.39, 0.29) is 42.8 Å². The Balaban J connectivity index is 0.00000242. The highest BCUT2D eigenvalue weighted by Gasteiger charge is 2.27. The molecule has 2 atom stereocenters. The lowest BCUT2D eigenvalue weighted by Gasteiger charge is -2.32. The van der Waals surface area contributed by atoms with E-state index in [4.69, 9.17) is 0 Å². The molecule has 2 N–H and O–H groups in total. The summed E-state index contributed by atoms with van der Waals surface area (Å²) in [6.07, 6.45) is 2.20. The molecule has 0 spiro atoms. The van der Waals surface area contributed by atoms with Crippen molar-refractivity contribution < 1.29 is 4.79 Å². The van der Waals surface area contributed by atoms with Gasteiger partial charge in [-0.3, -0.25) is 9.69 Å². The average Bonchev–Trinajstić information content (AvgIpc) is 2.54. The van der Waals surface area contributed by atoms with Crippen molar-refractivity contribution in [2.75, 3.05) is 26.2 Å². The van der Waals surface area contributed by atoms with E-state index in [1.807, 2.05) is 30.3 Å². The third kappa shape index (κ3) is 6.30. The smallest absolute Gasteiger partial charge is 0.242 e. The summed E-state index contributed by atoms with van der Waals surface area (Å²) in [6.45, 7) is 7.89. The normalized spacial score (nSPS) is 18.5.